The highest BCUT2D eigenvalue weighted by atomic mass is 16.5. The van der Waals surface area contributed by atoms with Crippen LogP contribution in [-0.2, 0) is 4.74 Å². The molecule has 4 nitrogen and oxygen atoms in total. The van der Waals surface area contributed by atoms with Gasteiger partial charge in [-0.25, -0.2) is 0 Å². The van der Waals surface area contributed by atoms with Gasteiger partial charge in [0.15, 0.2) is 0 Å². The Morgan fingerprint density at radius 1 is 1.10 bits per heavy atom. The van der Waals surface area contributed by atoms with Crippen LogP contribution in [0.25, 0.3) is 0 Å². The highest BCUT2D eigenvalue weighted by molar-refractivity contribution is 5.05. The zero-order chi connectivity index (χ0) is 15.2. The summed E-state index contributed by atoms with van der Waals surface area (Å²) in [7, 11) is 0. The van der Waals surface area contributed by atoms with E-state index in [1.165, 1.54) is 0 Å². The van der Waals surface area contributed by atoms with Gasteiger partial charge in [-0.15, -0.1) is 0 Å². The summed E-state index contributed by atoms with van der Waals surface area (Å²) in [6, 6.07) is 2.88. The van der Waals surface area contributed by atoms with Crippen LogP contribution in [0.15, 0.2) is 0 Å². The Kier molecular flexibility index (Phi) is 3.92. The average Bonchev–Trinajstić information content (AvgIpc) is 2.57. The monoisotopic (exact) mass is 279 g/mol. The van der Waals surface area contributed by atoms with Crippen molar-refractivity contribution in [3.63, 3.8) is 0 Å². The molecule has 1 unspecified atom stereocenters. The minimum atomic E-state index is -0.354. The molecule has 1 atom stereocenters. The third-order valence-corrected chi connectivity index (χ3v) is 4.85. The Labute approximate surface area is 123 Å². The van der Waals surface area contributed by atoms with Gasteiger partial charge in [0.2, 0.25) is 0 Å². The van der Waals surface area contributed by atoms with Gasteiger partial charge in [-0.2, -0.15) is 5.26 Å². The van der Waals surface area contributed by atoms with Crippen molar-refractivity contribution in [3.8, 4) is 6.07 Å². The van der Waals surface area contributed by atoms with E-state index < -0.39 is 0 Å². The fourth-order valence-electron chi connectivity index (χ4n) is 3.77. The van der Waals surface area contributed by atoms with E-state index in [-0.39, 0.29) is 16.7 Å². The number of nitrogens with zero attached hydrogens (tertiary/aromatic N) is 3. The number of ether oxygens (including phenoxy) is 1. The highest BCUT2D eigenvalue weighted by Gasteiger charge is 2.49. The van der Waals surface area contributed by atoms with Crippen LogP contribution in [0.3, 0.4) is 0 Å². The van der Waals surface area contributed by atoms with Crippen molar-refractivity contribution in [1.82, 2.24) is 9.80 Å². The minimum absolute atomic E-state index is 0.0305. The molecule has 2 aliphatic heterocycles. The Morgan fingerprint density at radius 3 is 2.05 bits per heavy atom. The van der Waals surface area contributed by atoms with Gasteiger partial charge in [0.25, 0.3) is 0 Å². The van der Waals surface area contributed by atoms with Crippen molar-refractivity contribution >= 4 is 0 Å². The summed E-state index contributed by atoms with van der Waals surface area (Å²) < 4.78 is 6.21. The SMILES string of the molecule is CC1(C)CC(N2CCN(C(C)(C)C#N)CC2)C(C)(C)O1. The van der Waals surface area contributed by atoms with E-state index in [0.717, 1.165) is 32.6 Å². The lowest BCUT2D eigenvalue weighted by Crippen LogP contribution is -2.58. The Morgan fingerprint density at radius 2 is 1.65 bits per heavy atom. The lowest BCUT2D eigenvalue weighted by molar-refractivity contribution is -0.0847. The van der Waals surface area contributed by atoms with Crippen molar-refractivity contribution in [2.45, 2.75) is 70.7 Å². The van der Waals surface area contributed by atoms with Crippen LogP contribution in [0.4, 0.5) is 0 Å². The molecule has 0 aromatic carbocycles. The van der Waals surface area contributed by atoms with Crippen LogP contribution in [-0.4, -0.2) is 58.8 Å². The van der Waals surface area contributed by atoms with Crippen LogP contribution < -0.4 is 0 Å². The van der Waals surface area contributed by atoms with Crippen molar-refractivity contribution < 1.29 is 4.74 Å². The number of nitriles is 1. The van der Waals surface area contributed by atoms with E-state index in [2.05, 4.69) is 43.6 Å². The molecule has 114 valence electrons. The third-order valence-electron chi connectivity index (χ3n) is 4.85. The molecule has 0 amide bonds. The van der Waals surface area contributed by atoms with Crippen LogP contribution in [0.5, 0.6) is 0 Å². The second-order valence-corrected chi connectivity index (χ2v) is 7.88. The maximum Gasteiger partial charge on any atom is 0.103 e. The van der Waals surface area contributed by atoms with Gasteiger partial charge in [0.05, 0.1) is 17.3 Å². The molecule has 2 rings (SSSR count). The van der Waals surface area contributed by atoms with Crippen LogP contribution in [0, 0.1) is 11.3 Å². The fraction of sp³-hybridized carbons (Fsp3) is 0.938. The van der Waals surface area contributed by atoms with Crippen molar-refractivity contribution in [1.29, 1.82) is 5.26 Å². The average molecular weight is 279 g/mol. The first-order valence-corrected chi connectivity index (χ1v) is 7.68. The van der Waals surface area contributed by atoms with Crippen LogP contribution >= 0.6 is 0 Å². The number of hydrogen-bond acceptors (Lipinski definition) is 4. The van der Waals surface area contributed by atoms with Crippen molar-refractivity contribution in [3.05, 3.63) is 0 Å². The van der Waals surface area contributed by atoms with E-state index in [1.807, 2.05) is 13.8 Å². The van der Waals surface area contributed by atoms with Gasteiger partial charge in [0, 0.05) is 32.2 Å². The second kappa shape index (κ2) is 4.98. The molecule has 0 aromatic rings. The number of rotatable bonds is 2. The van der Waals surface area contributed by atoms with Crippen LogP contribution in [0.2, 0.25) is 0 Å². The molecule has 2 saturated heterocycles. The lowest BCUT2D eigenvalue weighted by atomic mass is 9.92. The molecule has 20 heavy (non-hydrogen) atoms. The molecule has 0 saturated carbocycles. The Balaban J connectivity index is 2.00. The van der Waals surface area contributed by atoms with Crippen molar-refractivity contribution in [2.24, 2.45) is 0 Å². The predicted molar refractivity (Wildman–Crippen MR) is 80.5 cm³/mol. The molecule has 4 heteroatoms. The summed E-state index contributed by atoms with van der Waals surface area (Å²) in [5, 5.41) is 9.25. The maximum absolute atomic E-state index is 9.25. The summed E-state index contributed by atoms with van der Waals surface area (Å²) in [6.07, 6.45) is 1.08. The lowest BCUT2D eigenvalue weighted by Gasteiger charge is -2.44. The summed E-state index contributed by atoms with van der Waals surface area (Å²) >= 11 is 0. The molecule has 0 radical (unpaired) electrons. The normalized spacial score (nSPS) is 31.1. The topological polar surface area (TPSA) is 39.5 Å². The second-order valence-electron chi connectivity index (χ2n) is 7.88. The first-order chi connectivity index (χ1) is 9.07. The summed E-state index contributed by atoms with van der Waals surface area (Å²) in [5.74, 6) is 0. The third kappa shape index (κ3) is 3.00. The van der Waals surface area contributed by atoms with E-state index in [1.54, 1.807) is 0 Å². The molecular weight excluding hydrogens is 250 g/mol. The van der Waals surface area contributed by atoms with Gasteiger partial charge < -0.3 is 4.74 Å². The van der Waals surface area contributed by atoms with E-state index in [9.17, 15) is 5.26 Å². The van der Waals surface area contributed by atoms with Gasteiger partial charge in [0.1, 0.15) is 5.54 Å². The zero-order valence-electron chi connectivity index (χ0n) is 13.9. The smallest absolute Gasteiger partial charge is 0.103 e. The van der Waals surface area contributed by atoms with Gasteiger partial charge in [-0.3, -0.25) is 9.80 Å². The Bertz CT molecular complexity index is 400. The van der Waals surface area contributed by atoms with E-state index in [0.29, 0.717) is 6.04 Å². The van der Waals surface area contributed by atoms with Gasteiger partial charge in [-0.05, 0) is 48.0 Å². The number of hydrogen-bond donors (Lipinski definition) is 0. The summed E-state index contributed by atoms with van der Waals surface area (Å²) in [6.45, 7) is 16.8. The standard InChI is InChI=1S/C16H29N3O/c1-14(2,12-17)19-9-7-18(8-10-19)13-11-15(3,4)20-16(13,5)6/h13H,7-11H2,1-6H3. The largest absolute Gasteiger partial charge is 0.368 e. The molecule has 0 aromatic heterocycles. The number of piperazine rings is 1. The minimum Gasteiger partial charge on any atom is -0.368 e. The molecule has 0 bridgehead atoms. The van der Waals surface area contributed by atoms with E-state index >= 15 is 0 Å². The van der Waals surface area contributed by atoms with Crippen LogP contribution in [0.1, 0.15) is 48.0 Å². The highest BCUT2D eigenvalue weighted by Crippen LogP contribution is 2.40. The predicted octanol–water partition coefficient (Wildman–Crippen LogP) is 2.25. The molecule has 0 N–H and O–H groups in total. The Hall–Kier alpha value is -0.630. The fourth-order valence-corrected chi connectivity index (χ4v) is 3.77. The van der Waals surface area contributed by atoms with E-state index in [4.69, 9.17) is 4.74 Å². The maximum atomic E-state index is 9.25. The van der Waals surface area contributed by atoms with Gasteiger partial charge in [-0.1, -0.05) is 0 Å². The molecule has 2 aliphatic rings. The molecule has 2 fully saturated rings. The van der Waals surface area contributed by atoms with Crippen molar-refractivity contribution in [2.75, 3.05) is 26.2 Å². The summed E-state index contributed by atoms with van der Waals surface area (Å²) in [5.41, 5.74) is -0.472. The van der Waals surface area contributed by atoms with Gasteiger partial charge >= 0.3 is 0 Å². The molecule has 2 heterocycles. The molecular formula is C16H29N3O. The summed E-state index contributed by atoms with van der Waals surface area (Å²) in [4.78, 5) is 4.84. The first-order valence-electron chi connectivity index (χ1n) is 7.68. The quantitative estimate of drug-likeness (QED) is 0.777. The zero-order valence-corrected chi connectivity index (χ0v) is 13.9. The first kappa shape index (κ1) is 15.8. The molecule has 0 aliphatic carbocycles. The molecule has 0 spiro atoms.